The van der Waals surface area contributed by atoms with E-state index in [0.29, 0.717) is 24.4 Å². The summed E-state index contributed by atoms with van der Waals surface area (Å²) in [5, 5.41) is 14.7. The van der Waals surface area contributed by atoms with Gasteiger partial charge in [-0.15, -0.1) is 0 Å². The molecule has 3 rings (SSSR count). The van der Waals surface area contributed by atoms with E-state index in [-0.39, 0.29) is 11.6 Å². The summed E-state index contributed by atoms with van der Waals surface area (Å²) in [5.41, 5.74) is 0.572. The van der Waals surface area contributed by atoms with Gasteiger partial charge in [-0.3, -0.25) is 19.6 Å². The SMILES string of the molecule is COc1ccccc1N1CC[C@H](n2cc([N+](=O)[O-])cn2)C1=O. The van der Waals surface area contributed by atoms with Gasteiger partial charge in [-0.25, -0.2) is 0 Å². The van der Waals surface area contributed by atoms with Gasteiger partial charge >= 0.3 is 5.69 Å². The topological polar surface area (TPSA) is 90.5 Å². The first-order chi connectivity index (χ1) is 10.6. The number of methoxy groups -OCH3 is 1. The van der Waals surface area contributed by atoms with Crippen molar-refractivity contribution in [2.45, 2.75) is 12.5 Å². The maximum absolute atomic E-state index is 12.6. The molecule has 22 heavy (non-hydrogen) atoms. The summed E-state index contributed by atoms with van der Waals surface area (Å²) in [6.07, 6.45) is 2.98. The summed E-state index contributed by atoms with van der Waals surface area (Å²) in [4.78, 5) is 24.4. The van der Waals surface area contributed by atoms with Gasteiger partial charge in [0.15, 0.2) is 0 Å². The lowest BCUT2D eigenvalue weighted by molar-refractivity contribution is -0.385. The van der Waals surface area contributed by atoms with Crippen LogP contribution < -0.4 is 9.64 Å². The third-order valence-corrected chi connectivity index (χ3v) is 3.67. The van der Waals surface area contributed by atoms with Crippen LogP contribution in [0.25, 0.3) is 0 Å². The quantitative estimate of drug-likeness (QED) is 0.634. The summed E-state index contributed by atoms with van der Waals surface area (Å²) in [7, 11) is 1.55. The molecule has 0 unspecified atom stereocenters. The predicted molar refractivity (Wildman–Crippen MR) is 77.9 cm³/mol. The fourth-order valence-electron chi connectivity index (χ4n) is 2.60. The largest absolute Gasteiger partial charge is 0.495 e. The Labute approximate surface area is 126 Å². The van der Waals surface area contributed by atoms with Crippen LogP contribution in [0.1, 0.15) is 12.5 Å². The molecule has 0 saturated carbocycles. The van der Waals surface area contributed by atoms with Crippen LogP contribution in [0.3, 0.4) is 0 Å². The number of nitrogens with zero attached hydrogens (tertiary/aromatic N) is 4. The van der Waals surface area contributed by atoms with Gasteiger partial charge in [0.2, 0.25) is 0 Å². The number of benzene rings is 1. The van der Waals surface area contributed by atoms with Crippen LogP contribution in [-0.2, 0) is 4.79 Å². The molecule has 0 aliphatic carbocycles. The van der Waals surface area contributed by atoms with Crippen molar-refractivity contribution in [2.75, 3.05) is 18.6 Å². The molecule has 1 aliphatic heterocycles. The van der Waals surface area contributed by atoms with Crippen molar-refractivity contribution >= 4 is 17.3 Å². The molecule has 114 valence electrons. The average molecular weight is 302 g/mol. The van der Waals surface area contributed by atoms with Crippen LogP contribution in [0.5, 0.6) is 5.75 Å². The molecule has 0 spiro atoms. The minimum absolute atomic E-state index is 0.122. The van der Waals surface area contributed by atoms with Crippen molar-refractivity contribution in [1.82, 2.24) is 9.78 Å². The first-order valence-electron chi connectivity index (χ1n) is 6.74. The Morgan fingerprint density at radius 1 is 1.41 bits per heavy atom. The Bertz CT molecular complexity index is 727. The number of aromatic nitrogens is 2. The number of amides is 1. The zero-order valence-corrected chi connectivity index (χ0v) is 11.9. The molecule has 8 heteroatoms. The Hall–Kier alpha value is -2.90. The highest BCUT2D eigenvalue weighted by Crippen LogP contribution is 2.34. The van der Waals surface area contributed by atoms with E-state index in [9.17, 15) is 14.9 Å². The summed E-state index contributed by atoms with van der Waals surface area (Å²) in [6.45, 7) is 0.511. The fourth-order valence-corrected chi connectivity index (χ4v) is 2.60. The number of nitro groups is 1. The lowest BCUT2D eigenvalue weighted by Gasteiger charge is -2.19. The predicted octanol–water partition coefficient (Wildman–Crippen LogP) is 1.78. The number of carbonyl (C=O) groups excluding carboxylic acids is 1. The van der Waals surface area contributed by atoms with Crippen molar-refractivity contribution in [3.05, 3.63) is 46.8 Å². The number of para-hydroxylation sites is 2. The van der Waals surface area contributed by atoms with E-state index in [2.05, 4.69) is 5.10 Å². The van der Waals surface area contributed by atoms with Gasteiger partial charge in [0.05, 0.1) is 17.7 Å². The highest BCUT2D eigenvalue weighted by atomic mass is 16.6. The van der Waals surface area contributed by atoms with Crippen LogP contribution in [0.4, 0.5) is 11.4 Å². The van der Waals surface area contributed by atoms with Gasteiger partial charge in [0.25, 0.3) is 5.91 Å². The molecule has 1 fully saturated rings. The van der Waals surface area contributed by atoms with Gasteiger partial charge in [0, 0.05) is 6.54 Å². The first kappa shape index (κ1) is 14.1. The Balaban J connectivity index is 1.87. The Kier molecular flexibility index (Phi) is 3.50. The van der Waals surface area contributed by atoms with E-state index in [4.69, 9.17) is 4.74 Å². The summed E-state index contributed by atoms with van der Waals surface area (Å²) < 4.78 is 6.63. The van der Waals surface area contributed by atoms with Crippen molar-refractivity contribution < 1.29 is 14.5 Å². The highest BCUT2D eigenvalue weighted by Gasteiger charge is 2.36. The van der Waals surface area contributed by atoms with Gasteiger partial charge < -0.3 is 9.64 Å². The number of ether oxygens (including phenoxy) is 1. The lowest BCUT2D eigenvalue weighted by Crippen LogP contribution is -2.28. The minimum atomic E-state index is -0.529. The number of rotatable bonds is 4. The third kappa shape index (κ3) is 2.28. The van der Waals surface area contributed by atoms with E-state index in [0.717, 1.165) is 6.20 Å². The molecular formula is C14H14N4O4. The fraction of sp³-hybridized carbons (Fsp3) is 0.286. The molecule has 1 aromatic heterocycles. The second kappa shape index (κ2) is 5.47. The van der Waals surface area contributed by atoms with Gasteiger partial charge in [-0.05, 0) is 18.6 Å². The second-order valence-corrected chi connectivity index (χ2v) is 4.90. The molecular weight excluding hydrogens is 288 g/mol. The smallest absolute Gasteiger partial charge is 0.307 e. The minimum Gasteiger partial charge on any atom is -0.495 e. The lowest BCUT2D eigenvalue weighted by atomic mass is 10.2. The summed E-state index contributed by atoms with van der Waals surface area (Å²) in [6, 6.07) is 6.73. The maximum Gasteiger partial charge on any atom is 0.307 e. The monoisotopic (exact) mass is 302 g/mol. The number of hydrogen-bond donors (Lipinski definition) is 0. The van der Waals surface area contributed by atoms with Crippen molar-refractivity contribution in [3.8, 4) is 5.75 Å². The van der Waals surface area contributed by atoms with Crippen molar-refractivity contribution in [1.29, 1.82) is 0 Å². The zero-order valence-electron chi connectivity index (χ0n) is 11.9. The number of anilines is 1. The average Bonchev–Trinajstić information content (AvgIpc) is 3.14. The first-order valence-corrected chi connectivity index (χ1v) is 6.74. The third-order valence-electron chi connectivity index (χ3n) is 3.67. The molecule has 0 radical (unpaired) electrons. The molecule has 1 aliphatic rings. The molecule has 1 atom stereocenters. The van der Waals surface area contributed by atoms with Gasteiger partial charge in [-0.1, -0.05) is 12.1 Å². The Morgan fingerprint density at radius 3 is 2.86 bits per heavy atom. The molecule has 0 bridgehead atoms. The van der Waals surface area contributed by atoms with Crippen molar-refractivity contribution in [3.63, 3.8) is 0 Å². The van der Waals surface area contributed by atoms with Crippen LogP contribution in [0.2, 0.25) is 0 Å². The molecule has 0 N–H and O–H groups in total. The molecule has 1 aromatic carbocycles. The van der Waals surface area contributed by atoms with Crippen molar-refractivity contribution in [2.24, 2.45) is 0 Å². The van der Waals surface area contributed by atoms with Crippen LogP contribution in [-0.4, -0.2) is 34.3 Å². The van der Waals surface area contributed by atoms with E-state index >= 15 is 0 Å². The van der Waals surface area contributed by atoms with Gasteiger partial charge in [0.1, 0.15) is 24.2 Å². The highest BCUT2D eigenvalue weighted by molar-refractivity contribution is 5.99. The normalized spacial score (nSPS) is 17.8. The summed E-state index contributed by atoms with van der Waals surface area (Å²) in [5.74, 6) is 0.463. The maximum atomic E-state index is 12.6. The van der Waals surface area contributed by atoms with E-state index < -0.39 is 11.0 Å². The van der Waals surface area contributed by atoms with Crippen LogP contribution >= 0.6 is 0 Å². The van der Waals surface area contributed by atoms with Gasteiger partial charge in [-0.2, -0.15) is 5.10 Å². The van der Waals surface area contributed by atoms with E-state index in [1.807, 2.05) is 18.2 Å². The van der Waals surface area contributed by atoms with Crippen LogP contribution in [0, 0.1) is 10.1 Å². The molecule has 1 amide bonds. The Morgan fingerprint density at radius 2 is 2.18 bits per heavy atom. The molecule has 8 nitrogen and oxygen atoms in total. The van der Waals surface area contributed by atoms with E-state index in [1.165, 1.54) is 10.9 Å². The number of hydrogen-bond acceptors (Lipinski definition) is 5. The molecule has 1 saturated heterocycles. The zero-order chi connectivity index (χ0) is 15.7. The van der Waals surface area contributed by atoms with Crippen LogP contribution in [0.15, 0.2) is 36.7 Å². The second-order valence-electron chi connectivity index (χ2n) is 4.90. The number of carbonyl (C=O) groups is 1. The molecule has 2 aromatic rings. The van der Waals surface area contributed by atoms with E-state index in [1.54, 1.807) is 18.1 Å². The summed E-state index contributed by atoms with van der Waals surface area (Å²) >= 11 is 0. The standard InChI is InChI=1S/C14H14N4O4/c1-22-13-5-3-2-4-11(13)16-7-6-12(14(16)19)17-9-10(8-15-17)18(20)21/h2-5,8-9,12H,6-7H2,1H3/t12-/m0/s1. The molecule has 2 heterocycles.